The average molecular weight is 444 g/mol. The van der Waals surface area contributed by atoms with Gasteiger partial charge in [-0.3, -0.25) is 0 Å². The Kier molecular flexibility index (Phi) is 6.89. The van der Waals surface area contributed by atoms with Crippen LogP contribution in [0.25, 0.3) is 0 Å². The van der Waals surface area contributed by atoms with Gasteiger partial charge in [0.1, 0.15) is 33.1 Å². The number of halogens is 4. The van der Waals surface area contributed by atoms with E-state index in [0.717, 1.165) is 6.07 Å². The molecular formula is C14H12F4N2O6S2. The molecule has 0 fully saturated rings. The molecule has 0 unspecified atom stereocenters. The minimum absolute atomic E-state index is 0.0323. The molecule has 0 spiro atoms. The summed E-state index contributed by atoms with van der Waals surface area (Å²) < 4.78 is 94.4. The van der Waals surface area contributed by atoms with Gasteiger partial charge in [0.05, 0.1) is 5.56 Å². The van der Waals surface area contributed by atoms with Crippen molar-refractivity contribution in [2.45, 2.75) is 16.7 Å². The van der Waals surface area contributed by atoms with E-state index >= 15 is 0 Å². The molecule has 0 heterocycles. The van der Waals surface area contributed by atoms with Gasteiger partial charge >= 0.3 is 5.97 Å². The number of aromatic carboxylic acids is 1. The number of nitrogens with two attached hydrogens (primary N) is 2. The van der Waals surface area contributed by atoms with Crippen LogP contribution < -0.4 is 10.3 Å². The summed E-state index contributed by atoms with van der Waals surface area (Å²) in [6.07, 6.45) is 0. The highest BCUT2D eigenvalue weighted by atomic mass is 32.2. The zero-order valence-electron chi connectivity index (χ0n) is 13.8. The Balaban J connectivity index is 0.000000283. The van der Waals surface area contributed by atoms with Crippen molar-refractivity contribution in [3.05, 3.63) is 58.7 Å². The van der Waals surface area contributed by atoms with Crippen LogP contribution >= 0.6 is 0 Å². The summed E-state index contributed by atoms with van der Waals surface area (Å²) in [5.41, 5.74) is -0.926. The largest absolute Gasteiger partial charge is 0.478 e. The smallest absolute Gasteiger partial charge is 0.338 e. The quantitative estimate of drug-likeness (QED) is 0.604. The molecule has 28 heavy (non-hydrogen) atoms. The summed E-state index contributed by atoms with van der Waals surface area (Å²) in [7, 11) is -8.59. The molecule has 0 radical (unpaired) electrons. The maximum Gasteiger partial charge on any atom is 0.338 e. The Bertz CT molecular complexity index is 1150. The fraction of sp³-hybridized carbons (Fsp3) is 0.0714. The summed E-state index contributed by atoms with van der Waals surface area (Å²) >= 11 is 0. The molecule has 0 bridgehead atoms. The van der Waals surface area contributed by atoms with E-state index in [1.165, 1.54) is 6.92 Å². The molecule has 2 aromatic carbocycles. The first-order valence-corrected chi connectivity index (χ1v) is 9.88. The normalized spacial score (nSPS) is 11.5. The maximum absolute atomic E-state index is 13.0. The molecular weight excluding hydrogens is 432 g/mol. The maximum atomic E-state index is 13.0. The van der Waals surface area contributed by atoms with Crippen LogP contribution in [0.15, 0.2) is 34.1 Å². The van der Waals surface area contributed by atoms with Gasteiger partial charge in [-0.15, -0.1) is 0 Å². The van der Waals surface area contributed by atoms with Gasteiger partial charge in [-0.25, -0.2) is 49.5 Å². The zero-order valence-corrected chi connectivity index (χ0v) is 15.4. The van der Waals surface area contributed by atoms with Gasteiger partial charge in [-0.05, 0) is 36.8 Å². The molecule has 0 aliphatic carbocycles. The lowest BCUT2D eigenvalue weighted by Crippen LogP contribution is -2.15. The van der Waals surface area contributed by atoms with E-state index in [-0.39, 0.29) is 17.7 Å². The molecule has 0 saturated heterocycles. The van der Waals surface area contributed by atoms with Crippen molar-refractivity contribution in [2.24, 2.45) is 10.3 Å². The van der Waals surface area contributed by atoms with Gasteiger partial charge in [0, 0.05) is 0 Å². The highest BCUT2D eigenvalue weighted by Gasteiger charge is 2.21. The number of rotatable bonds is 3. The molecule has 0 atom stereocenters. The van der Waals surface area contributed by atoms with Crippen molar-refractivity contribution in [1.82, 2.24) is 0 Å². The SMILES string of the molecule is Cc1cc(F)c(S(N)(=O)=O)cc1F.NS(=O)(=O)c1cc(F)c(C(=O)O)cc1F. The number of primary sulfonamides is 2. The lowest BCUT2D eigenvalue weighted by molar-refractivity contribution is 0.0691. The van der Waals surface area contributed by atoms with Crippen LogP contribution in [0.4, 0.5) is 17.6 Å². The third-order valence-corrected chi connectivity index (χ3v) is 4.93. The second-order valence-corrected chi connectivity index (χ2v) is 8.25. The van der Waals surface area contributed by atoms with E-state index in [0.29, 0.717) is 6.07 Å². The summed E-state index contributed by atoms with van der Waals surface area (Å²) in [5, 5.41) is 17.6. The van der Waals surface area contributed by atoms with Crippen LogP contribution in [-0.4, -0.2) is 27.9 Å². The number of carboxylic acid groups (broad SMARTS) is 1. The lowest BCUT2D eigenvalue weighted by Gasteiger charge is -2.02. The fourth-order valence-electron chi connectivity index (χ4n) is 1.76. The monoisotopic (exact) mass is 444 g/mol. The average Bonchev–Trinajstić information content (AvgIpc) is 2.51. The summed E-state index contributed by atoms with van der Waals surface area (Å²) in [6.45, 7) is 1.32. The first kappa shape index (κ1) is 23.5. The first-order chi connectivity index (χ1) is 12.6. The molecule has 154 valence electrons. The molecule has 0 aliphatic heterocycles. The zero-order chi connectivity index (χ0) is 22.0. The fourth-order valence-corrected chi connectivity index (χ4v) is 2.95. The Hall–Kier alpha value is -2.55. The van der Waals surface area contributed by atoms with Crippen molar-refractivity contribution in [3.8, 4) is 0 Å². The number of sulfonamides is 2. The van der Waals surface area contributed by atoms with E-state index in [1.807, 2.05) is 0 Å². The Morgan fingerprint density at radius 1 is 0.786 bits per heavy atom. The van der Waals surface area contributed by atoms with Gasteiger partial charge < -0.3 is 5.11 Å². The van der Waals surface area contributed by atoms with Gasteiger partial charge in [0.2, 0.25) is 20.0 Å². The van der Waals surface area contributed by atoms with E-state index in [4.69, 9.17) is 5.11 Å². The Morgan fingerprint density at radius 2 is 1.18 bits per heavy atom. The van der Waals surface area contributed by atoms with Crippen molar-refractivity contribution in [2.75, 3.05) is 0 Å². The topological polar surface area (TPSA) is 158 Å². The van der Waals surface area contributed by atoms with Crippen LogP contribution in [-0.2, 0) is 20.0 Å². The standard InChI is InChI=1S/C7H5F2NO4S.C7H7F2NO2S/c8-4-2-6(15(10,13)14)5(9)1-3(4)7(11)12;1-4-2-6(9)7(3-5(4)8)13(10,11)12/h1-2H,(H,11,12)(H2,10,13,14);2-3H,1H3,(H2,10,11,12). The van der Waals surface area contributed by atoms with Crippen molar-refractivity contribution < 1.29 is 44.3 Å². The van der Waals surface area contributed by atoms with Gasteiger partial charge in [-0.1, -0.05) is 0 Å². The van der Waals surface area contributed by atoms with Crippen molar-refractivity contribution >= 4 is 26.0 Å². The first-order valence-electron chi connectivity index (χ1n) is 6.79. The molecule has 0 saturated carbocycles. The third-order valence-electron chi connectivity index (χ3n) is 3.08. The predicted molar refractivity (Wildman–Crippen MR) is 87.2 cm³/mol. The molecule has 2 rings (SSSR count). The highest BCUT2D eigenvalue weighted by molar-refractivity contribution is 7.89. The molecule has 0 aromatic heterocycles. The number of carboxylic acids is 1. The number of aryl methyl sites for hydroxylation is 1. The highest BCUT2D eigenvalue weighted by Crippen LogP contribution is 2.18. The van der Waals surface area contributed by atoms with Crippen molar-refractivity contribution in [3.63, 3.8) is 0 Å². The molecule has 2 aromatic rings. The number of hydrogen-bond donors (Lipinski definition) is 3. The van der Waals surface area contributed by atoms with Gasteiger partial charge in [0.15, 0.2) is 0 Å². The second kappa shape index (κ2) is 8.22. The Labute approximate surface area is 156 Å². The molecule has 0 amide bonds. The molecule has 5 N–H and O–H groups in total. The van der Waals surface area contributed by atoms with Crippen LogP contribution in [0, 0.1) is 30.2 Å². The predicted octanol–water partition coefficient (Wildman–Crippen LogP) is 1.23. The van der Waals surface area contributed by atoms with E-state index < -0.39 is 64.6 Å². The van der Waals surface area contributed by atoms with Crippen LogP contribution in [0.2, 0.25) is 0 Å². The summed E-state index contributed by atoms with van der Waals surface area (Å²) in [4.78, 5) is 8.45. The van der Waals surface area contributed by atoms with E-state index in [9.17, 15) is 39.2 Å². The lowest BCUT2D eigenvalue weighted by atomic mass is 10.2. The van der Waals surface area contributed by atoms with Crippen LogP contribution in [0.1, 0.15) is 15.9 Å². The molecule has 8 nitrogen and oxygen atoms in total. The van der Waals surface area contributed by atoms with Gasteiger partial charge in [0.25, 0.3) is 0 Å². The minimum atomic E-state index is -4.41. The summed E-state index contributed by atoms with van der Waals surface area (Å²) in [5.74, 6) is -6.32. The third kappa shape index (κ3) is 5.72. The number of hydrogen-bond acceptors (Lipinski definition) is 5. The van der Waals surface area contributed by atoms with E-state index in [2.05, 4.69) is 10.3 Å². The summed E-state index contributed by atoms with van der Waals surface area (Å²) in [6, 6.07) is 1.85. The number of carbonyl (C=O) groups is 1. The van der Waals surface area contributed by atoms with Crippen molar-refractivity contribution in [1.29, 1.82) is 0 Å². The number of benzene rings is 2. The van der Waals surface area contributed by atoms with Crippen LogP contribution in [0.5, 0.6) is 0 Å². The molecule has 14 heteroatoms. The van der Waals surface area contributed by atoms with Crippen LogP contribution in [0.3, 0.4) is 0 Å². The Morgan fingerprint density at radius 3 is 1.57 bits per heavy atom. The second-order valence-electron chi connectivity index (χ2n) is 5.19. The van der Waals surface area contributed by atoms with E-state index in [1.54, 1.807) is 0 Å². The minimum Gasteiger partial charge on any atom is -0.478 e. The van der Waals surface area contributed by atoms with Gasteiger partial charge in [-0.2, -0.15) is 0 Å². The molecule has 0 aliphatic rings.